The maximum absolute atomic E-state index is 13.7. The molecule has 0 amide bonds. The Morgan fingerprint density at radius 1 is 1.05 bits per heavy atom. The van der Waals surface area contributed by atoms with Gasteiger partial charge in [0.15, 0.2) is 11.6 Å². The Bertz CT molecular complexity index is 737. The van der Waals surface area contributed by atoms with Crippen LogP contribution in [0.15, 0.2) is 28.7 Å². The van der Waals surface area contributed by atoms with Gasteiger partial charge in [0, 0.05) is 17.0 Å². The quantitative estimate of drug-likeness (QED) is 0.348. The molecule has 0 unspecified atom stereocenters. The molecular weight excluding hydrogens is 358 g/mol. The molecule has 0 spiro atoms. The van der Waals surface area contributed by atoms with Crippen LogP contribution in [-0.4, -0.2) is 4.92 Å². The fraction of sp³-hybridized carbons (Fsp3) is 0.0769. The number of hydrogen-bond acceptors (Lipinski definition) is 2. The zero-order valence-corrected chi connectivity index (χ0v) is 11.8. The molecular formula is C13H6BrF4NO2. The van der Waals surface area contributed by atoms with Crippen LogP contribution in [-0.2, 0) is 6.42 Å². The summed E-state index contributed by atoms with van der Waals surface area (Å²) in [5, 5.41) is 10.8. The maximum Gasteiger partial charge on any atom is 0.311 e. The largest absolute Gasteiger partial charge is 0.311 e. The summed E-state index contributed by atoms with van der Waals surface area (Å²) >= 11 is 3.01. The third-order valence-corrected chi connectivity index (χ3v) is 3.30. The van der Waals surface area contributed by atoms with E-state index in [0.29, 0.717) is 4.47 Å². The van der Waals surface area contributed by atoms with E-state index < -0.39 is 45.9 Å². The molecule has 0 saturated carbocycles. The van der Waals surface area contributed by atoms with Crippen LogP contribution in [0.4, 0.5) is 23.2 Å². The number of nitro groups is 1. The van der Waals surface area contributed by atoms with Crippen molar-refractivity contribution in [2.45, 2.75) is 6.42 Å². The molecule has 0 fully saturated rings. The summed E-state index contributed by atoms with van der Waals surface area (Å²) in [5.41, 5.74) is -2.15. The molecule has 0 aliphatic heterocycles. The molecule has 0 aromatic heterocycles. The molecule has 0 aliphatic carbocycles. The first kappa shape index (κ1) is 15.4. The molecule has 0 bridgehead atoms. The van der Waals surface area contributed by atoms with E-state index in [2.05, 4.69) is 15.9 Å². The number of nitrogens with zero attached hydrogens (tertiary/aromatic N) is 1. The summed E-state index contributed by atoms with van der Waals surface area (Å²) in [6, 6.07) is 3.83. The highest BCUT2D eigenvalue weighted by atomic mass is 79.9. The highest BCUT2D eigenvalue weighted by molar-refractivity contribution is 9.10. The second kappa shape index (κ2) is 5.80. The normalized spacial score (nSPS) is 10.7. The molecule has 2 aromatic carbocycles. The zero-order chi connectivity index (χ0) is 15.7. The molecule has 0 saturated heterocycles. The highest BCUT2D eigenvalue weighted by Crippen LogP contribution is 2.30. The minimum absolute atomic E-state index is 0.0922. The summed E-state index contributed by atoms with van der Waals surface area (Å²) in [7, 11) is 0. The van der Waals surface area contributed by atoms with Crippen molar-refractivity contribution in [3.8, 4) is 0 Å². The van der Waals surface area contributed by atoms with Crippen LogP contribution in [0.3, 0.4) is 0 Å². The minimum atomic E-state index is -1.56. The van der Waals surface area contributed by atoms with Gasteiger partial charge in [-0.15, -0.1) is 0 Å². The Balaban J connectivity index is 2.60. The van der Waals surface area contributed by atoms with Crippen LogP contribution in [0, 0.1) is 33.4 Å². The molecule has 0 aliphatic rings. The molecule has 2 rings (SSSR count). The van der Waals surface area contributed by atoms with Gasteiger partial charge in [-0.1, -0.05) is 22.0 Å². The lowest BCUT2D eigenvalue weighted by Crippen LogP contribution is -2.06. The van der Waals surface area contributed by atoms with E-state index >= 15 is 0 Å². The molecule has 21 heavy (non-hydrogen) atoms. The monoisotopic (exact) mass is 363 g/mol. The van der Waals surface area contributed by atoms with Crippen molar-refractivity contribution in [1.29, 1.82) is 0 Å². The maximum atomic E-state index is 13.7. The average molecular weight is 364 g/mol. The van der Waals surface area contributed by atoms with E-state index in [-0.39, 0.29) is 11.6 Å². The first-order valence-electron chi connectivity index (χ1n) is 5.56. The lowest BCUT2D eigenvalue weighted by Gasteiger charge is -2.08. The summed E-state index contributed by atoms with van der Waals surface area (Å²) in [4.78, 5) is 9.65. The zero-order valence-electron chi connectivity index (χ0n) is 10.2. The third kappa shape index (κ3) is 3.05. The SMILES string of the molecule is O=[N+]([O-])c1c(F)cc(F)c(F)c1Cc1ccc(Br)cc1F. The Hall–Kier alpha value is -1.96. The Morgan fingerprint density at radius 3 is 2.29 bits per heavy atom. The van der Waals surface area contributed by atoms with Gasteiger partial charge in [-0.3, -0.25) is 10.1 Å². The van der Waals surface area contributed by atoms with Crippen molar-refractivity contribution in [1.82, 2.24) is 0 Å². The van der Waals surface area contributed by atoms with Crippen molar-refractivity contribution in [3.63, 3.8) is 0 Å². The van der Waals surface area contributed by atoms with Gasteiger partial charge in [-0.2, -0.15) is 4.39 Å². The van der Waals surface area contributed by atoms with Gasteiger partial charge < -0.3 is 0 Å². The van der Waals surface area contributed by atoms with E-state index in [4.69, 9.17) is 0 Å². The van der Waals surface area contributed by atoms with Crippen molar-refractivity contribution in [2.75, 3.05) is 0 Å². The summed E-state index contributed by atoms with van der Waals surface area (Å²) in [6.45, 7) is 0. The van der Waals surface area contributed by atoms with Gasteiger partial charge in [0.05, 0.1) is 10.5 Å². The lowest BCUT2D eigenvalue weighted by molar-refractivity contribution is -0.388. The summed E-state index contributed by atoms with van der Waals surface area (Å²) < 4.78 is 54.5. The third-order valence-electron chi connectivity index (χ3n) is 2.81. The smallest absolute Gasteiger partial charge is 0.258 e. The number of benzene rings is 2. The van der Waals surface area contributed by atoms with Crippen LogP contribution in [0.1, 0.15) is 11.1 Å². The van der Waals surface area contributed by atoms with Crippen molar-refractivity contribution >= 4 is 21.6 Å². The molecule has 0 heterocycles. The van der Waals surface area contributed by atoms with Crippen LogP contribution < -0.4 is 0 Å². The Kier molecular flexibility index (Phi) is 4.26. The summed E-state index contributed by atoms with van der Waals surface area (Å²) in [5.74, 6) is -5.41. The predicted molar refractivity (Wildman–Crippen MR) is 69.9 cm³/mol. The predicted octanol–water partition coefficient (Wildman–Crippen LogP) is 4.50. The molecule has 0 N–H and O–H groups in total. The van der Waals surface area contributed by atoms with Crippen LogP contribution in [0.2, 0.25) is 0 Å². The first-order valence-corrected chi connectivity index (χ1v) is 6.35. The number of nitro benzene ring substituents is 1. The average Bonchev–Trinajstić information content (AvgIpc) is 2.38. The molecule has 3 nitrogen and oxygen atoms in total. The van der Waals surface area contributed by atoms with Gasteiger partial charge in [0.25, 0.3) is 0 Å². The molecule has 110 valence electrons. The van der Waals surface area contributed by atoms with Gasteiger partial charge in [-0.25, -0.2) is 13.2 Å². The standard InChI is InChI=1S/C13H6BrF4NO2/c14-7-2-1-6(9(15)4-7)3-8-12(18)10(16)5-11(17)13(8)19(20)21/h1-2,4-5H,3H2. The lowest BCUT2D eigenvalue weighted by atomic mass is 10.0. The van der Waals surface area contributed by atoms with Crippen molar-refractivity contribution in [2.24, 2.45) is 0 Å². The summed E-state index contributed by atoms with van der Waals surface area (Å²) in [6.07, 6.45) is -0.643. The van der Waals surface area contributed by atoms with E-state index in [1.54, 1.807) is 0 Å². The van der Waals surface area contributed by atoms with Crippen molar-refractivity contribution in [3.05, 3.63) is 73.2 Å². The molecule has 8 heteroatoms. The fourth-order valence-corrected chi connectivity index (χ4v) is 2.18. The Morgan fingerprint density at radius 2 is 1.71 bits per heavy atom. The first-order chi connectivity index (χ1) is 9.81. The van der Waals surface area contributed by atoms with Gasteiger partial charge in [0.1, 0.15) is 5.82 Å². The molecule has 0 atom stereocenters. The second-order valence-electron chi connectivity index (χ2n) is 4.15. The van der Waals surface area contributed by atoms with E-state index in [0.717, 1.165) is 6.07 Å². The van der Waals surface area contributed by atoms with Crippen molar-refractivity contribution < 1.29 is 22.5 Å². The fourth-order valence-electron chi connectivity index (χ4n) is 1.85. The number of hydrogen-bond donors (Lipinski definition) is 0. The van der Waals surface area contributed by atoms with Crippen LogP contribution >= 0.6 is 15.9 Å². The number of rotatable bonds is 3. The highest BCUT2D eigenvalue weighted by Gasteiger charge is 2.28. The number of halogens is 5. The van der Waals surface area contributed by atoms with Gasteiger partial charge in [0.2, 0.25) is 5.82 Å². The van der Waals surface area contributed by atoms with E-state index in [9.17, 15) is 27.7 Å². The topological polar surface area (TPSA) is 43.1 Å². The molecule has 2 aromatic rings. The minimum Gasteiger partial charge on any atom is -0.258 e. The van der Waals surface area contributed by atoms with E-state index in [1.807, 2.05) is 0 Å². The second-order valence-corrected chi connectivity index (χ2v) is 5.07. The van der Waals surface area contributed by atoms with Gasteiger partial charge >= 0.3 is 5.69 Å². The van der Waals surface area contributed by atoms with Crippen LogP contribution in [0.25, 0.3) is 0 Å². The van der Waals surface area contributed by atoms with Crippen LogP contribution in [0.5, 0.6) is 0 Å². The molecule has 0 radical (unpaired) electrons. The van der Waals surface area contributed by atoms with Gasteiger partial charge in [-0.05, 0) is 17.7 Å². The Labute approximate surface area is 124 Å². The van der Waals surface area contributed by atoms with E-state index in [1.165, 1.54) is 12.1 Å².